The van der Waals surface area contributed by atoms with E-state index in [9.17, 15) is 13.2 Å². The molecule has 29 heavy (non-hydrogen) atoms. The molecular weight excluding hydrogens is 430 g/mol. The molecule has 4 rings (SSSR count). The van der Waals surface area contributed by atoms with Gasteiger partial charge in [-0.3, -0.25) is 14.1 Å². The summed E-state index contributed by atoms with van der Waals surface area (Å²) in [5.41, 5.74) is 1.90. The molecule has 148 valence electrons. The van der Waals surface area contributed by atoms with E-state index in [1.165, 1.54) is 21.8 Å². The fourth-order valence-electron chi connectivity index (χ4n) is 2.96. The van der Waals surface area contributed by atoms with E-state index >= 15 is 0 Å². The van der Waals surface area contributed by atoms with Crippen LogP contribution < -0.4 is 9.62 Å². The number of Topliss-reactive ketones (excluding diaryl/α,β-unsaturated/α-hetero) is 1. The molecule has 0 atom stereocenters. The molecule has 1 aromatic carbocycles. The first-order valence-electron chi connectivity index (χ1n) is 8.69. The van der Waals surface area contributed by atoms with Gasteiger partial charge in [0.15, 0.2) is 4.91 Å². The molecule has 0 saturated carbocycles. The van der Waals surface area contributed by atoms with Crippen LogP contribution in [0.3, 0.4) is 0 Å². The van der Waals surface area contributed by atoms with Gasteiger partial charge in [-0.15, -0.1) is 11.3 Å². The maximum Gasteiger partial charge on any atom is 0.270 e. The van der Waals surface area contributed by atoms with E-state index in [0.717, 1.165) is 11.3 Å². The molecule has 0 bridgehead atoms. The van der Waals surface area contributed by atoms with Gasteiger partial charge in [0.1, 0.15) is 4.88 Å². The Bertz CT molecular complexity index is 1170. The van der Waals surface area contributed by atoms with Crippen molar-refractivity contribution in [1.29, 1.82) is 0 Å². The van der Waals surface area contributed by atoms with Gasteiger partial charge in [-0.2, -0.15) is 0 Å². The third-order valence-electron chi connectivity index (χ3n) is 4.39. The van der Waals surface area contributed by atoms with Crippen molar-refractivity contribution in [3.05, 3.63) is 92.4 Å². The Labute approximate surface area is 177 Å². The highest BCUT2D eigenvalue weighted by molar-refractivity contribution is 7.97. The molecule has 0 amide bonds. The van der Waals surface area contributed by atoms with Crippen molar-refractivity contribution in [3.8, 4) is 0 Å². The third-order valence-corrected chi connectivity index (χ3v) is 7.31. The van der Waals surface area contributed by atoms with Crippen LogP contribution in [0.25, 0.3) is 0 Å². The number of nitrogens with one attached hydrogen (secondary N) is 1. The van der Waals surface area contributed by atoms with Gasteiger partial charge in [-0.1, -0.05) is 29.8 Å². The standard InChI is InChI=1S/C20H16ClN3O3S2/c21-15-6-4-14(5-7-15)13-24-17-8-10-28-20(17)19(25)18(29(24,26)27)12-22-11-16-3-1-2-9-23-16/h1-10,12,22H,11,13H2/b18-12-. The van der Waals surface area contributed by atoms with Crippen LogP contribution in [0.5, 0.6) is 0 Å². The first-order valence-corrected chi connectivity index (χ1v) is 11.4. The number of allylic oxidation sites excluding steroid dienone is 1. The first kappa shape index (κ1) is 19.6. The summed E-state index contributed by atoms with van der Waals surface area (Å²) in [6, 6.07) is 14.1. The van der Waals surface area contributed by atoms with Gasteiger partial charge in [0, 0.05) is 17.4 Å². The molecule has 1 N–H and O–H groups in total. The van der Waals surface area contributed by atoms with Gasteiger partial charge in [-0.05, 0) is 41.3 Å². The zero-order valence-electron chi connectivity index (χ0n) is 15.1. The van der Waals surface area contributed by atoms with Crippen molar-refractivity contribution in [3.63, 3.8) is 0 Å². The van der Waals surface area contributed by atoms with Crippen molar-refractivity contribution in [2.24, 2.45) is 0 Å². The highest BCUT2D eigenvalue weighted by Gasteiger charge is 2.41. The monoisotopic (exact) mass is 445 g/mol. The lowest BCUT2D eigenvalue weighted by Gasteiger charge is -2.29. The third kappa shape index (κ3) is 3.91. The summed E-state index contributed by atoms with van der Waals surface area (Å²) in [6.07, 6.45) is 2.92. The summed E-state index contributed by atoms with van der Waals surface area (Å²) in [4.78, 5) is 17.1. The van der Waals surface area contributed by atoms with Crippen molar-refractivity contribution < 1.29 is 13.2 Å². The highest BCUT2D eigenvalue weighted by atomic mass is 35.5. The average molecular weight is 446 g/mol. The van der Waals surface area contributed by atoms with E-state index in [2.05, 4.69) is 10.3 Å². The van der Waals surface area contributed by atoms with E-state index in [1.807, 2.05) is 12.1 Å². The summed E-state index contributed by atoms with van der Waals surface area (Å²) < 4.78 is 27.8. The van der Waals surface area contributed by atoms with Crippen molar-refractivity contribution in [2.45, 2.75) is 13.1 Å². The molecule has 0 unspecified atom stereocenters. The van der Waals surface area contributed by atoms with Crippen molar-refractivity contribution in [1.82, 2.24) is 10.3 Å². The molecule has 3 heterocycles. The minimum atomic E-state index is -4.02. The largest absolute Gasteiger partial charge is 0.384 e. The Balaban J connectivity index is 1.67. The second-order valence-corrected chi connectivity index (χ2v) is 9.50. The Morgan fingerprint density at radius 2 is 1.93 bits per heavy atom. The molecular formula is C20H16ClN3O3S2. The normalized spacial score (nSPS) is 16.7. The Morgan fingerprint density at radius 3 is 2.66 bits per heavy atom. The number of rotatable bonds is 5. The number of benzene rings is 1. The number of aromatic nitrogens is 1. The topological polar surface area (TPSA) is 79.4 Å². The number of ketones is 1. The minimum Gasteiger partial charge on any atom is -0.384 e. The predicted molar refractivity (Wildman–Crippen MR) is 114 cm³/mol. The number of nitrogens with zero attached hydrogens (tertiary/aromatic N) is 2. The van der Waals surface area contributed by atoms with E-state index in [0.29, 0.717) is 22.1 Å². The summed E-state index contributed by atoms with van der Waals surface area (Å²) in [6.45, 7) is 0.412. The molecule has 1 aliphatic rings. The molecule has 0 radical (unpaired) electrons. The number of anilines is 1. The minimum absolute atomic E-state index is 0.105. The Kier molecular flexibility index (Phi) is 5.40. The quantitative estimate of drug-likeness (QED) is 0.601. The van der Waals surface area contributed by atoms with Crippen molar-refractivity contribution >= 4 is 44.4 Å². The van der Waals surface area contributed by atoms with Gasteiger partial charge in [-0.25, -0.2) is 8.42 Å². The number of carbonyl (C=O) groups is 1. The number of hydrogen-bond acceptors (Lipinski definition) is 6. The smallest absolute Gasteiger partial charge is 0.270 e. The fourth-order valence-corrected chi connectivity index (χ4v) is 5.60. The number of thiophene rings is 1. The number of sulfonamides is 1. The van der Waals surface area contributed by atoms with Crippen molar-refractivity contribution in [2.75, 3.05) is 4.31 Å². The van der Waals surface area contributed by atoms with E-state index in [-0.39, 0.29) is 11.4 Å². The maximum atomic E-state index is 13.3. The highest BCUT2D eigenvalue weighted by Crippen LogP contribution is 2.39. The molecule has 0 saturated heterocycles. The van der Waals surface area contributed by atoms with Crippen LogP contribution in [0.4, 0.5) is 5.69 Å². The summed E-state index contributed by atoms with van der Waals surface area (Å²) in [5.74, 6) is -0.504. The number of fused-ring (bicyclic) bond motifs is 1. The van der Waals surface area contributed by atoms with Crippen LogP contribution in [0, 0.1) is 0 Å². The molecule has 9 heteroatoms. The number of hydrogen-bond donors (Lipinski definition) is 1. The summed E-state index contributed by atoms with van der Waals surface area (Å²) >= 11 is 7.15. The lowest BCUT2D eigenvalue weighted by molar-refractivity contribution is 0.104. The number of pyridine rings is 1. The lowest BCUT2D eigenvalue weighted by Crippen LogP contribution is -2.38. The van der Waals surface area contributed by atoms with Gasteiger partial charge >= 0.3 is 0 Å². The van der Waals surface area contributed by atoms with Crippen LogP contribution in [0.15, 0.2) is 71.2 Å². The van der Waals surface area contributed by atoms with Gasteiger partial charge in [0.2, 0.25) is 5.78 Å². The Morgan fingerprint density at radius 1 is 1.14 bits per heavy atom. The summed E-state index contributed by atoms with van der Waals surface area (Å²) in [7, 11) is -4.02. The average Bonchev–Trinajstić information content (AvgIpc) is 3.20. The van der Waals surface area contributed by atoms with Crippen LogP contribution in [-0.2, 0) is 23.1 Å². The SMILES string of the molecule is O=C1/C(=C/NCc2ccccn2)S(=O)(=O)N(Cc2ccc(Cl)cc2)c2ccsc21. The second-order valence-electron chi connectivity index (χ2n) is 6.31. The van der Waals surface area contributed by atoms with Crippen LogP contribution in [0.1, 0.15) is 20.9 Å². The van der Waals surface area contributed by atoms with E-state index < -0.39 is 15.8 Å². The second kappa shape index (κ2) is 7.98. The van der Waals surface area contributed by atoms with E-state index in [4.69, 9.17) is 11.6 Å². The lowest BCUT2D eigenvalue weighted by atomic mass is 10.2. The van der Waals surface area contributed by atoms with Gasteiger partial charge in [0.25, 0.3) is 10.0 Å². The maximum absolute atomic E-state index is 13.3. The fraction of sp³-hybridized carbons (Fsp3) is 0.100. The predicted octanol–water partition coefficient (Wildman–Crippen LogP) is 3.96. The first-order chi connectivity index (χ1) is 14.0. The molecule has 0 spiro atoms. The molecule has 2 aromatic heterocycles. The van der Waals surface area contributed by atoms with Gasteiger partial charge in [0.05, 0.1) is 24.5 Å². The number of carbonyl (C=O) groups excluding carboxylic acids is 1. The zero-order valence-corrected chi connectivity index (χ0v) is 17.5. The molecule has 0 fully saturated rings. The van der Waals surface area contributed by atoms with Crippen LogP contribution in [0.2, 0.25) is 5.02 Å². The van der Waals surface area contributed by atoms with Crippen LogP contribution in [-0.4, -0.2) is 19.2 Å². The number of halogens is 1. The summed E-state index contributed by atoms with van der Waals surface area (Å²) in [5, 5.41) is 5.20. The molecule has 6 nitrogen and oxygen atoms in total. The van der Waals surface area contributed by atoms with E-state index in [1.54, 1.807) is 48.0 Å². The molecule has 0 aliphatic carbocycles. The molecule has 1 aliphatic heterocycles. The zero-order chi connectivity index (χ0) is 20.4. The van der Waals surface area contributed by atoms with Gasteiger partial charge < -0.3 is 5.32 Å². The van der Waals surface area contributed by atoms with Crippen LogP contribution >= 0.6 is 22.9 Å². The Hall–Kier alpha value is -2.68. The molecule has 3 aromatic rings.